The fourth-order valence-electron chi connectivity index (χ4n) is 2.20. The molecule has 0 bridgehead atoms. The summed E-state index contributed by atoms with van der Waals surface area (Å²) in [5.41, 5.74) is 0.564. The van der Waals surface area contributed by atoms with Gasteiger partial charge in [-0.1, -0.05) is 12.1 Å². The summed E-state index contributed by atoms with van der Waals surface area (Å²) in [7, 11) is 0. The van der Waals surface area contributed by atoms with E-state index in [0.717, 1.165) is 0 Å². The van der Waals surface area contributed by atoms with Crippen LogP contribution in [0.2, 0.25) is 0 Å². The summed E-state index contributed by atoms with van der Waals surface area (Å²) in [5.74, 6) is 1.67. The van der Waals surface area contributed by atoms with Gasteiger partial charge in [0, 0.05) is 12.2 Å². The summed E-state index contributed by atoms with van der Waals surface area (Å²) in [6, 6.07) is 10.9. The highest BCUT2D eigenvalue weighted by Crippen LogP contribution is 2.37. The number of benzene rings is 1. The molecule has 0 N–H and O–H groups in total. The van der Waals surface area contributed by atoms with Gasteiger partial charge in [-0.15, -0.1) is 0 Å². The Kier molecular flexibility index (Phi) is 2.71. The lowest BCUT2D eigenvalue weighted by molar-refractivity contribution is 0.0980. The van der Waals surface area contributed by atoms with E-state index in [1.807, 2.05) is 32.0 Å². The van der Waals surface area contributed by atoms with Gasteiger partial charge in [0.15, 0.2) is 11.6 Å². The summed E-state index contributed by atoms with van der Waals surface area (Å²) in [4.78, 5) is 18.6. The van der Waals surface area contributed by atoms with Crippen LogP contribution in [0.1, 0.15) is 24.2 Å². The van der Waals surface area contributed by atoms with E-state index >= 15 is 0 Å². The van der Waals surface area contributed by atoms with Crippen molar-refractivity contribution in [1.82, 2.24) is 4.98 Å². The van der Waals surface area contributed by atoms with E-state index in [1.165, 1.54) is 0 Å². The zero-order chi connectivity index (χ0) is 13.4. The van der Waals surface area contributed by atoms with Gasteiger partial charge in [0.2, 0.25) is 0 Å². The number of fused-ring (bicyclic) bond motifs is 2. The standard InChI is InChI=1S/C15H14N2O2/c1-10(2)17-14-13(8-5-9-16-14)19-12-7-4-3-6-11(12)15(17)18/h3-10H,1-2H3. The van der Waals surface area contributed by atoms with Crippen molar-refractivity contribution >= 4 is 11.7 Å². The molecule has 4 heteroatoms. The highest BCUT2D eigenvalue weighted by molar-refractivity contribution is 6.09. The van der Waals surface area contributed by atoms with Gasteiger partial charge in [-0.2, -0.15) is 0 Å². The van der Waals surface area contributed by atoms with E-state index in [9.17, 15) is 4.79 Å². The lowest BCUT2D eigenvalue weighted by Crippen LogP contribution is -2.37. The molecule has 4 nitrogen and oxygen atoms in total. The number of hydrogen-bond acceptors (Lipinski definition) is 3. The normalized spacial score (nSPS) is 13.6. The second-order valence-corrected chi connectivity index (χ2v) is 4.69. The Morgan fingerprint density at radius 3 is 2.63 bits per heavy atom. The van der Waals surface area contributed by atoms with Gasteiger partial charge >= 0.3 is 0 Å². The fraction of sp³-hybridized carbons (Fsp3) is 0.200. The van der Waals surface area contributed by atoms with Crippen LogP contribution < -0.4 is 9.64 Å². The summed E-state index contributed by atoms with van der Waals surface area (Å²) in [5, 5.41) is 0. The predicted octanol–water partition coefficient (Wildman–Crippen LogP) is 3.24. The molecule has 0 saturated heterocycles. The molecule has 19 heavy (non-hydrogen) atoms. The molecule has 0 radical (unpaired) electrons. The minimum Gasteiger partial charge on any atom is -0.453 e. The third-order valence-corrected chi connectivity index (χ3v) is 3.05. The Morgan fingerprint density at radius 1 is 1.11 bits per heavy atom. The number of hydrogen-bond donors (Lipinski definition) is 0. The van der Waals surface area contributed by atoms with Gasteiger partial charge in [-0.25, -0.2) is 4.98 Å². The monoisotopic (exact) mass is 254 g/mol. The number of nitrogens with zero attached hydrogens (tertiary/aromatic N) is 2. The van der Waals surface area contributed by atoms with Crippen molar-refractivity contribution in [3.05, 3.63) is 48.2 Å². The van der Waals surface area contributed by atoms with Crippen LogP contribution in [0.15, 0.2) is 42.6 Å². The highest BCUT2D eigenvalue weighted by Gasteiger charge is 2.30. The van der Waals surface area contributed by atoms with Gasteiger partial charge in [0.05, 0.1) is 5.56 Å². The van der Waals surface area contributed by atoms with Gasteiger partial charge in [-0.05, 0) is 38.1 Å². The predicted molar refractivity (Wildman–Crippen MR) is 72.7 cm³/mol. The molecular formula is C15H14N2O2. The Labute approximate surface area is 111 Å². The molecule has 0 atom stereocenters. The van der Waals surface area contributed by atoms with Crippen LogP contribution in [0.25, 0.3) is 0 Å². The molecule has 1 aliphatic heterocycles. The topological polar surface area (TPSA) is 42.4 Å². The SMILES string of the molecule is CC(C)N1C(=O)c2ccccc2Oc2cccnc21. The molecule has 96 valence electrons. The van der Waals surface area contributed by atoms with E-state index in [-0.39, 0.29) is 11.9 Å². The van der Waals surface area contributed by atoms with E-state index in [1.54, 1.807) is 29.3 Å². The average molecular weight is 254 g/mol. The molecule has 0 spiro atoms. The van der Waals surface area contributed by atoms with E-state index in [0.29, 0.717) is 22.9 Å². The number of carbonyl (C=O) groups excluding carboxylic acids is 1. The summed E-state index contributed by atoms with van der Waals surface area (Å²) >= 11 is 0. The first kappa shape index (κ1) is 11.7. The van der Waals surface area contributed by atoms with Crippen molar-refractivity contribution in [3.8, 4) is 11.5 Å². The highest BCUT2D eigenvalue weighted by atomic mass is 16.5. The average Bonchev–Trinajstić information content (AvgIpc) is 2.53. The lowest BCUT2D eigenvalue weighted by Gasteiger charge is -2.24. The smallest absolute Gasteiger partial charge is 0.263 e. The van der Waals surface area contributed by atoms with Gasteiger partial charge in [0.25, 0.3) is 5.91 Å². The first-order valence-corrected chi connectivity index (χ1v) is 6.24. The first-order valence-electron chi connectivity index (χ1n) is 6.24. The molecule has 0 unspecified atom stereocenters. The number of amides is 1. The number of ether oxygens (including phenoxy) is 1. The quantitative estimate of drug-likeness (QED) is 0.784. The molecule has 3 rings (SSSR count). The fourth-order valence-corrected chi connectivity index (χ4v) is 2.20. The zero-order valence-corrected chi connectivity index (χ0v) is 10.8. The molecule has 2 heterocycles. The van der Waals surface area contributed by atoms with Gasteiger partial charge in [-0.3, -0.25) is 9.69 Å². The molecular weight excluding hydrogens is 240 g/mol. The van der Waals surface area contributed by atoms with Crippen LogP contribution in [0, 0.1) is 0 Å². The van der Waals surface area contributed by atoms with Crippen LogP contribution in [-0.2, 0) is 0 Å². The van der Waals surface area contributed by atoms with Crippen LogP contribution in [0.4, 0.5) is 5.82 Å². The second-order valence-electron chi connectivity index (χ2n) is 4.69. The Hall–Kier alpha value is -2.36. The number of para-hydroxylation sites is 1. The molecule has 2 aromatic rings. The molecule has 0 aliphatic carbocycles. The van der Waals surface area contributed by atoms with Crippen molar-refractivity contribution in [3.63, 3.8) is 0 Å². The molecule has 1 aromatic carbocycles. The lowest BCUT2D eigenvalue weighted by atomic mass is 10.1. The minimum absolute atomic E-state index is 0.0101. The summed E-state index contributed by atoms with van der Waals surface area (Å²) < 4.78 is 5.83. The first-order chi connectivity index (χ1) is 9.18. The molecule has 0 saturated carbocycles. The third-order valence-electron chi connectivity index (χ3n) is 3.05. The van der Waals surface area contributed by atoms with Crippen molar-refractivity contribution in [1.29, 1.82) is 0 Å². The molecule has 1 aromatic heterocycles. The summed E-state index contributed by atoms with van der Waals surface area (Å²) in [6.45, 7) is 3.93. The number of aromatic nitrogens is 1. The largest absolute Gasteiger partial charge is 0.453 e. The molecule has 1 aliphatic rings. The van der Waals surface area contributed by atoms with Crippen LogP contribution >= 0.6 is 0 Å². The van der Waals surface area contributed by atoms with Crippen molar-refractivity contribution in [2.75, 3.05) is 4.90 Å². The van der Waals surface area contributed by atoms with Crippen LogP contribution in [0.5, 0.6) is 11.5 Å². The molecule has 1 amide bonds. The van der Waals surface area contributed by atoms with Crippen molar-refractivity contribution in [2.24, 2.45) is 0 Å². The van der Waals surface area contributed by atoms with Crippen LogP contribution in [0.3, 0.4) is 0 Å². The molecule has 0 fully saturated rings. The van der Waals surface area contributed by atoms with Gasteiger partial charge in [0.1, 0.15) is 5.75 Å². The number of carbonyl (C=O) groups is 1. The number of rotatable bonds is 1. The number of pyridine rings is 1. The maximum absolute atomic E-state index is 12.6. The Balaban J connectivity index is 2.24. The third kappa shape index (κ3) is 1.85. The van der Waals surface area contributed by atoms with E-state index < -0.39 is 0 Å². The van der Waals surface area contributed by atoms with E-state index in [4.69, 9.17) is 4.74 Å². The van der Waals surface area contributed by atoms with Crippen molar-refractivity contribution in [2.45, 2.75) is 19.9 Å². The van der Waals surface area contributed by atoms with E-state index in [2.05, 4.69) is 4.98 Å². The van der Waals surface area contributed by atoms with Crippen molar-refractivity contribution < 1.29 is 9.53 Å². The number of anilines is 1. The summed E-state index contributed by atoms with van der Waals surface area (Å²) in [6.07, 6.45) is 1.67. The zero-order valence-electron chi connectivity index (χ0n) is 10.8. The van der Waals surface area contributed by atoms with Crippen LogP contribution in [-0.4, -0.2) is 16.9 Å². The maximum atomic E-state index is 12.6. The second kappa shape index (κ2) is 4.39. The Morgan fingerprint density at radius 2 is 1.84 bits per heavy atom. The maximum Gasteiger partial charge on any atom is 0.263 e. The van der Waals surface area contributed by atoms with Gasteiger partial charge < -0.3 is 4.74 Å². The Bertz CT molecular complexity index is 638. The minimum atomic E-state index is -0.0805.